The first-order valence-corrected chi connectivity index (χ1v) is 17.6. The molecular formula is C29H31ClN11O11S2+. The van der Waals surface area contributed by atoms with Gasteiger partial charge in [-0.2, -0.15) is 4.73 Å². The van der Waals surface area contributed by atoms with Crippen molar-refractivity contribution in [1.82, 2.24) is 30.2 Å². The quantitative estimate of drug-likeness (QED) is 0.0226. The van der Waals surface area contributed by atoms with Crippen molar-refractivity contribution < 1.29 is 53.9 Å². The fourth-order valence-electron chi connectivity index (χ4n) is 4.93. The number of thioether (sulfide) groups is 1. The number of anilines is 3. The summed E-state index contributed by atoms with van der Waals surface area (Å²) in [5.41, 5.74) is 8.15. The molecule has 2 aliphatic rings. The Morgan fingerprint density at radius 1 is 1.20 bits per heavy atom. The van der Waals surface area contributed by atoms with Crippen LogP contribution >= 0.6 is 34.7 Å². The van der Waals surface area contributed by atoms with Crippen molar-refractivity contribution >= 4 is 86.7 Å². The van der Waals surface area contributed by atoms with Gasteiger partial charge in [-0.05, 0) is 18.8 Å². The van der Waals surface area contributed by atoms with Gasteiger partial charge in [0.2, 0.25) is 11.0 Å². The van der Waals surface area contributed by atoms with Crippen molar-refractivity contribution in [2.75, 3.05) is 35.6 Å². The van der Waals surface area contributed by atoms with Crippen LogP contribution in [0.2, 0.25) is 4.34 Å². The highest BCUT2D eigenvalue weighted by Crippen LogP contribution is 2.40. The van der Waals surface area contributed by atoms with Gasteiger partial charge in [0, 0.05) is 30.5 Å². The van der Waals surface area contributed by atoms with E-state index >= 15 is 0 Å². The number of thiazole rings is 1. The first kappa shape index (κ1) is 39.1. The molecule has 2 aliphatic heterocycles. The minimum absolute atomic E-state index is 0.00504. The smallest absolute Gasteiger partial charge is 0.352 e. The lowest BCUT2D eigenvalue weighted by Crippen LogP contribution is -2.71. The van der Waals surface area contributed by atoms with Gasteiger partial charge in [0.25, 0.3) is 29.9 Å². The Morgan fingerprint density at radius 3 is 2.57 bits per heavy atom. The van der Waals surface area contributed by atoms with Gasteiger partial charge in [0.05, 0.1) is 6.20 Å². The summed E-state index contributed by atoms with van der Waals surface area (Å²) in [7, 11) is 0. The topological polar surface area (TPSA) is 331 Å². The van der Waals surface area contributed by atoms with Gasteiger partial charge in [-0.15, -0.1) is 11.8 Å². The molecule has 25 heteroatoms. The van der Waals surface area contributed by atoms with Crippen LogP contribution in [0.1, 0.15) is 30.0 Å². The molecule has 0 saturated carbocycles. The number of β-lactam (4-membered cyclic amide) rings is 1. The Bertz CT molecular complexity index is 2190. The Balaban J connectivity index is 1.26. The van der Waals surface area contributed by atoms with Crippen molar-refractivity contribution in [2.24, 2.45) is 5.16 Å². The van der Waals surface area contributed by atoms with E-state index in [1.165, 1.54) is 42.7 Å². The molecule has 2 unspecified atom stereocenters. The monoisotopic (exact) mass is 808 g/mol. The van der Waals surface area contributed by atoms with Crippen LogP contribution in [-0.4, -0.2) is 111 Å². The number of aromatic nitrogens is 4. The number of aromatic hydroxyl groups is 1. The normalized spacial score (nSPS) is 17.0. The zero-order chi connectivity index (χ0) is 39.6. The molecule has 11 N–H and O–H groups in total. The predicted octanol–water partition coefficient (Wildman–Crippen LogP) is -1.39. The second-order valence-corrected chi connectivity index (χ2v) is 14.7. The summed E-state index contributed by atoms with van der Waals surface area (Å²) >= 11 is 8.18. The summed E-state index contributed by atoms with van der Waals surface area (Å²) in [5, 5.41) is 49.5. The molecule has 0 aliphatic carbocycles. The SMILES string of the molecule is CC(C)(ON=C(C(=O)NC1C(=O)N2C(C(=O)O)=C(C[n+]3cnc(N)c(NCCNC(=O)c4cc(=O)c(O)cn4O)c3)CSC12)c1nc(N)sc1Cl)C(=O)O. The van der Waals surface area contributed by atoms with E-state index in [-0.39, 0.29) is 52.1 Å². The van der Waals surface area contributed by atoms with Crippen molar-refractivity contribution in [3.05, 3.63) is 62.0 Å². The second kappa shape index (κ2) is 15.5. The molecular weight excluding hydrogens is 778 g/mol. The molecule has 3 aromatic heterocycles. The number of nitrogens with one attached hydrogen (secondary N) is 3. The van der Waals surface area contributed by atoms with Crippen LogP contribution in [0.4, 0.5) is 16.6 Å². The van der Waals surface area contributed by atoms with Crippen molar-refractivity contribution in [1.29, 1.82) is 0 Å². The van der Waals surface area contributed by atoms with E-state index in [0.29, 0.717) is 22.2 Å². The lowest BCUT2D eigenvalue weighted by atomic mass is 10.0. The Hall–Kier alpha value is -6.14. The first-order valence-electron chi connectivity index (χ1n) is 15.3. The van der Waals surface area contributed by atoms with Crippen molar-refractivity contribution in [2.45, 2.75) is 37.4 Å². The minimum Gasteiger partial charge on any atom is -0.503 e. The van der Waals surface area contributed by atoms with Gasteiger partial charge in [0.1, 0.15) is 51.3 Å². The van der Waals surface area contributed by atoms with Crippen LogP contribution in [0.15, 0.2) is 46.0 Å². The zero-order valence-corrected chi connectivity index (χ0v) is 30.4. The van der Waals surface area contributed by atoms with E-state index in [2.05, 4.69) is 31.1 Å². The number of oxime groups is 1. The number of carboxylic acid groups (broad SMARTS) is 2. The van der Waals surface area contributed by atoms with Gasteiger partial charge in [-0.25, -0.2) is 19.1 Å². The number of fused-ring (bicyclic) bond motifs is 1. The van der Waals surface area contributed by atoms with E-state index in [1.807, 2.05) is 0 Å². The third kappa shape index (κ3) is 8.08. The number of hydrogen-bond donors (Lipinski definition) is 9. The number of amides is 3. The molecule has 22 nitrogen and oxygen atoms in total. The molecule has 286 valence electrons. The molecule has 0 bridgehead atoms. The molecule has 1 saturated heterocycles. The van der Waals surface area contributed by atoms with Gasteiger partial charge in [0.15, 0.2) is 16.6 Å². The van der Waals surface area contributed by atoms with Gasteiger partial charge in [-0.3, -0.25) is 24.1 Å². The van der Waals surface area contributed by atoms with Crippen LogP contribution in [0.5, 0.6) is 5.75 Å². The second-order valence-electron chi connectivity index (χ2n) is 11.9. The number of rotatable bonds is 14. The summed E-state index contributed by atoms with van der Waals surface area (Å²) in [6.07, 6.45) is 3.57. The number of carbonyl (C=O) groups is 5. The van der Waals surface area contributed by atoms with Crippen LogP contribution in [-0.2, 0) is 30.6 Å². The summed E-state index contributed by atoms with van der Waals surface area (Å²) in [5.74, 6) is -5.89. The number of carbonyl (C=O) groups excluding carboxylic acids is 3. The average molecular weight is 809 g/mol. The van der Waals surface area contributed by atoms with Crippen LogP contribution in [0, 0.1) is 0 Å². The van der Waals surface area contributed by atoms with Gasteiger partial charge < -0.3 is 52.8 Å². The third-order valence-corrected chi connectivity index (χ3v) is 10.1. The number of nitrogen functional groups attached to an aromatic ring is 2. The fraction of sp³-hybridized carbons (Fsp3) is 0.310. The molecule has 1 fully saturated rings. The fourth-order valence-corrected chi connectivity index (χ4v) is 7.19. The number of pyridine rings is 1. The summed E-state index contributed by atoms with van der Waals surface area (Å²) in [4.78, 5) is 89.1. The molecule has 0 spiro atoms. The van der Waals surface area contributed by atoms with Crippen LogP contribution in [0.3, 0.4) is 0 Å². The first-order chi connectivity index (χ1) is 25.4. The highest BCUT2D eigenvalue weighted by molar-refractivity contribution is 8.00. The maximum absolute atomic E-state index is 13.4. The number of nitrogens with zero attached hydrogens (tertiary/aromatic N) is 6. The maximum atomic E-state index is 13.4. The Kier molecular flexibility index (Phi) is 11.2. The molecule has 0 aromatic carbocycles. The summed E-state index contributed by atoms with van der Waals surface area (Å²) in [6, 6.07) is -0.451. The molecule has 0 radical (unpaired) electrons. The predicted molar refractivity (Wildman–Crippen MR) is 190 cm³/mol. The number of aliphatic carboxylic acids is 2. The highest BCUT2D eigenvalue weighted by Gasteiger charge is 2.54. The number of nitrogens with two attached hydrogens (primary N) is 2. The van der Waals surface area contributed by atoms with E-state index in [0.717, 1.165) is 22.3 Å². The molecule has 5 rings (SSSR count). The lowest BCUT2D eigenvalue weighted by molar-refractivity contribution is -0.691. The van der Waals surface area contributed by atoms with Crippen molar-refractivity contribution in [3.8, 4) is 5.75 Å². The largest absolute Gasteiger partial charge is 0.503 e. The van der Waals surface area contributed by atoms with E-state index < -0.39 is 69.3 Å². The summed E-state index contributed by atoms with van der Waals surface area (Å²) in [6.45, 7) is 2.44. The van der Waals surface area contributed by atoms with E-state index in [4.69, 9.17) is 27.9 Å². The number of halogens is 1. The zero-order valence-electron chi connectivity index (χ0n) is 28.0. The lowest BCUT2D eigenvalue weighted by Gasteiger charge is -2.49. The van der Waals surface area contributed by atoms with Crippen LogP contribution in [0.25, 0.3) is 0 Å². The Morgan fingerprint density at radius 2 is 1.93 bits per heavy atom. The maximum Gasteiger partial charge on any atom is 0.352 e. The minimum atomic E-state index is -1.86. The van der Waals surface area contributed by atoms with E-state index in [9.17, 15) is 49.3 Å². The molecule has 3 amide bonds. The molecule has 2 atom stereocenters. The Labute approximate surface area is 316 Å². The van der Waals surface area contributed by atoms with Gasteiger partial charge in [-0.1, -0.05) is 28.1 Å². The van der Waals surface area contributed by atoms with Gasteiger partial charge >= 0.3 is 11.9 Å². The average Bonchev–Trinajstić information content (AvgIpc) is 3.44. The van der Waals surface area contributed by atoms with Crippen LogP contribution < -0.4 is 37.4 Å². The standard InChI is InChI=1S/C29H30ClN11O11S2/c1-29(2,27(49)50)52-38-17(16-20(30)54-28(32)37-16)23(45)36-18-24(46)41-19(26(47)48)11(9-53-25(18)41)6-39-7-12(21(31)35-10-39)33-3-4-34-22(44)13-5-14(42)15(43)8-40(13)51/h5,7-8,10,18,25,31,33,51H,3-4,6,9H2,1-2H3,(H7,32,34,36,37,43,44,45,47,48,49,50)/p+1. The van der Waals surface area contributed by atoms with E-state index in [1.54, 1.807) is 0 Å². The molecule has 5 heterocycles. The summed E-state index contributed by atoms with van der Waals surface area (Å²) < 4.78 is 1.77. The third-order valence-electron chi connectivity index (χ3n) is 7.72. The highest BCUT2D eigenvalue weighted by atomic mass is 35.5. The number of hydrogen-bond acceptors (Lipinski definition) is 17. The molecule has 3 aromatic rings. The number of carboxylic acids is 2. The van der Waals surface area contributed by atoms with Crippen molar-refractivity contribution in [3.63, 3.8) is 0 Å². The molecule has 54 heavy (non-hydrogen) atoms.